The van der Waals surface area contributed by atoms with Crippen LogP contribution >= 0.6 is 11.9 Å². The van der Waals surface area contributed by atoms with Crippen molar-refractivity contribution < 1.29 is 4.29 Å². The van der Waals surface area contributed by atoms with Gasteiger partial charge in [0.15, 0.2) is 0 Å². The Kier molecular flexibility index (Phi) is 5.49. The molecule has 0 fully saturated rings. The molecule has 0 saturated carbocycles. The second kappa shape index (κ2) is 5.35. The van der Waals surface area contributed by atoms with Crippen molar-refractivity contribution in [2.45, 2.75) is 6.92 Å². The lowest BCUT2D eigenvalue weighted by Gasteiger charge is -2.10. The topological polar surface area (TPSA) is 12.5 Å². The molecule has 2 nitrogen and oxygen atoms in total. The second-order valence-corrected chi connectivity index (χ2v) is 1.93. The first-order chi connectivity index (χ1) is 3.81. The average Bonchev–Trinajstić information content (AvgIpc) is 1.83. The summed E-state index contributed by atoms with van der Waals surface area (Å²) in [5, 5.41) is 0. The molecule has 0 aliphatic heterocycles. The predicted molar refractivity (Wildman–Crippen MR) is 35.0 cm³/mol. The van der Waals surface area contributed by atoms with Crippen LogP contribution in [-0.2, 0) is 4.29 Å². The summed E-state index contributed by atoms with van der Waals surface area (Å²) in [4.78, 5) is 2.13. The van der Waals surface area contributed by atoms with Gasteiger partial charge in [-0.25, -0.2) is 0 Å². The van der Waals surface area contributed by atoms with Crippen LogP contribution in [0.2, 0.25) is 0 Å². The second-order valence-electron chi connectivity index (χ2n) is 1.71. The minimum Gasteiger partial charge on any atom is -0.304 e. The highest BCUT2D eigenvalue weighted by molar-refractivity contribution is 6.07. The summed E-state index contributed by atoms with van der Waals surface area (Å²) in [5.41, 5.74) is 0. The van der Waals surface area contributed by atoms with Gasteiger partial charge in [-0.15, -0.1) is 0 Å². The maximum atomic E-state index is 4.98. The van der Waals surface area contributed by atoms with E-state index in [0.717, 1.165) is 13.1 Å². The Balaban J connectivity index is 2.86. The van der Waals surface area contributed by atoms with Gasteiger partial charge in [-0.05, 0) is 13.6 Å². The van der Waals surface area contributed by atoms with E-state index in [0.29, 0.717) is 6.61 Å². The lowest BCUT2D eigenvalue weighted by Crippen LogP contribution is -2.21. The molecule has 0 bridgehead atoms. The molecule has 8 heavy (non-hydrogen) atoms. The van der Waals surface area contributed by atoms with Crippen LogP contribution in [0.25, 0.3) is 0 Å². The monoisotopic (exact) mass is 137 g/mol. The molecule has 0 N–H and O–H groups in total. The van der Waals surface area contributed by atoms with Crippen molar-refractivity contribution in [1.82, 2.24) is 4.90 Å². The average molecular weight is 138 g/mol. The number of rotatable bonds is 4. The van der Waals surface area contributed by atoms with Crippen molar-refractivity contribution in [1.29, 1.82) is 0 Å². The van der Waals surface area contributed by atoms with Crippen LogP contribution in [0.4, 0.5) is 0 Å². The number of halogens is 1. The molecule has 0 aromatic carbocycles. The van der Waals surface area contributed by atoms with Gasteiger partial charge < -0.3 is 4.90 Å². The fraction of sp³-hybridized carbons (Fsp3) is 1.00. The van der Waals surface area contributed by atoms with Gasteiger partial charge in [0.25, 0.3) is 0 Å². The normalized spacial score (nSPS) is 10.5. The third kappa shape index (κ3) is 4.37. The van der Waals surface area contributed by atoms with E-state index in [4.69, 9.17) is 11.9 Å². The first-order valence-electron chi connectivity index (χ1n) is 2.73. The van der Waals surface area contributed by atoms with Crippen molar-refractivity contribution in [2.24, 2.45) is 0 Å². The zero-order chi connectivity index (χ0) is 6.41. The molecule has 0 heterocycles. The third-order valence-electron chi connectivity index (χ3n) is 1.09. The van der Waals surface area contributed by atoms with E-state index in [1.165, 1.54) is 0 Å². The zero-order valence-corrected chi connectivity index (χ0v) is 6.11. The third-order valence-corrected chi connectivity index (χ3v) is 1.24. The van der Waals surface area contributed by atoms with Crippen molar-refractivity contribution in [3.05, 3.63) is 0 Å². The van der Waals surface area contributed by atoms with Gasteiger partial charge in [-0.2, -0.15) is 0 Å². The van der Waals surface area contributed by atoms with Crippen molar-refractivity contribution in [2.75, 3.05) is 26.7 Å². The minimum absolute atomic E-state index is 0.603. The largest absolute Gasteiger partial charge is 0.304 e. The van der Waals surface area contributed by atoms with E-state index >= 15 is 0 Å². The number of nitrogens with zero attached hydrogens (tertiary/aromatic N) is 1. The lowest BCUT2D eigenvalue weighted by molar-refractivity contribution is 0.259. The van der Waals surface area contributed by atoms with Gasteiger partial charge in [0.1, 0.15) is 0 Å². The smallest absolute Gasteiger partial charge is 0.0809 e. The molecule has 0 aromatic heterocycles. The van der Waals surface area contributed by atoms with Gasteiger partial charge in [0, 0.05) is 6.54 Å². The molecule has 0 aromatic rings. The maximum absolute atomic E-state index is 4.98. The predicted octanol–water partition coefficient (Wildman–Crippen LogP) is 1.11. The number of likely N-dealkylation sites (N-methyl/N-ethyl adjacent to an activating group) is 1. The Labute approximate surface area is 55.5 Å². The van der Waals surface area contributed by atoms with Crippen molar-refractivity contribution in [3.8, 4) is 0 Å². The Morgan fingerprint density at radius 3 is 2.62 bits per heavy atom. The molecule has 0 spiro atoms. The van der Waals surface area contributed by atoms with Crippen LogP contribution in [0.15, 0.2) is 0 Å². The number of hydrogen-bond donors (Lipinski definition) is 0. The number of hydrogen-bond acceptors (Lipinski definition) is 2. The summed E-state index contributed by atoms with van der Waals surface area (Å²) < 4.78 is 4.34. The summed E-state index contributed by atoms with van der Waals surface area (Å²) in [5.74, 6) is 0. The molecule has 0 aliphatic rings. The lowest BCUT2D eigenvalue weighted by atomic mass is 10.6. The van der Waals surface area contributed by atoms with Gasteiger partial charge in [-0.1, -0.05) is 6.92 Å². The molecular weight excluding hydrogens is 126 g/mol. The van der Waals surface area contributed by atoms with E-state index in [-0.39, 0.29) is 0 Å². The van der Waals surface area contributed by atoms with Crippen LogP contribution in [-0.4, -0.2) is 31.6 Å². The first-order valence-corrected chi connectivity index (χ1v) is 3.04. The SMILES string of the molecule is CCN(C)CCOCl. The zero-order valence-electron chi connectivity index (χ0n) is 5.35. The summed E-state index contributed by atoms with van der Waals surface area (Å²) in [6.07, 6.45) is 0. The fourth-order valence-corrected chi connectivity index (χ4v) is 0.417. The summed E-state index contributed by atoms with van der Waals surface area (Å²) in [6.45, 7) is 4.64. The fourth-order valence-electron chi connectivity index (χ4n) is 0.348. The quantitative estimate of drug-likeness (QED) is 0.576. The highest BCUT2D eigenvalue weighted by atomic mass is 35.5. The Hall–Kier alpha value is 0.210. The van der Waals surface area contributed by atoms with Gasteiger partial charge >= 0.3 is 0 Å². The van der Waals surface area contributed by atoms with Gasteiger partial charge in [0.2, 0.25) is 0 Å². The van der Waals surface area contributed by atoms with Gasteiger partial charge in [0.05, 0.1) is 18.5 Å². The highest BCUT2D eigenvalue weighted by Gasteiger charge is 1.90. The molecule has 0 amide bonds. The first kappa shape index (κ1) is 8.21. The van der Waals surface area contributed by atoms with E-state index in [2.05, 4.69) is 16.1 Å². The molecular formula is C5H12ClNO. The molecule has 0 aliphatic carbocycles. The van der Waals surface area contributed by atoms with E-state index in [1.807, 2.05) is 7.05 Å². The van der Waals surface area contributed by atoms with Crippen LogP contribution < -0.4 is 0 Å². The van der Waals surface area contributed by atoms with E-state index in [1.54, 1.807) is 0 Å². The molecule has 0 saturated heterocycles. The minimum atomic E-state index is 0.603. The Morgan fingerprint density at radius 1 is 1.62 bits per heavy atom. The van der Waals surface area contributed by atoms with Gasteiger partial charge in [-0.3, -0.25) is 4.29 Å². The standard InChI is InChI=1S/C5H12ClNO/c1-3-7(2)4-5-8-6/h3-5H2,1-2H3. The molecule has 3 heteroatoms. The van der Waals surface area contributed by atoms with Crippen LogP contribution in [0, 0.1) is 0 Å². The summed E-state index contributed by atoms with van der Waals surface area (Å²) in [7, 11) is 2.02. The summed E-state index contributed by atoms with van der Waals surface area (Å²) >= 11 is 4.98. The molecule has 50 valence electrons. The van der Waals surface area contributed by atoms with E-state index < -0.39 is 0 Å². The molecule has 0 rings (SSSR count). The van der Waals surface area contributed by atoms with Crippen LogP contribution in [0.3, 0.4) is 0 Å². The molecule has 0 unspecified atom stereocenters. The van der Waals surface area contributed by atoms with Crippen molar-refractivity contribution >= 4 is 11.9 Å². The van der Waals surface area contributed by atoms with Crippen molar-refractivity contribution in [3.63, 3.8) is 0 Å². The Bertz CT molecular complexity index is 51.7. The highest BCUT2D eigenvalue weighted by Crippen LogP contribution is 1.83. The Morgan fingerprint density at radius 2 is 2.25 bits per heavy atom. The summed E-state index contributed by atoms with van der Waals surface area (Å²) in [6, 6.07) is 0. The van der Waals surface area contributed by atoms with Crippen LogP contribution in [0.5, 0.6) is 0 Å². The molecule has 0 atom stereocenters. The van der Waals surface area contributed by atoms with Crippen LogP contribution in [0.1, 0.15) is 6.92 Å². The maximum Gasteiger partial charge on any atom is 0.0809 e. The van der Waals surface area contributed by atoms with E-state index in [9.17, 15) is 0 Å². The molecule has 0 radical (unpaired) electrons.